The van der Waals surface area contributed by atoms with Crippen molar-refractivity contribution >= 4 is 45.5 Å². The third kappa shape index (κ3) is 4.70. The SMILES string of the molecule is COc1ccc(-c2sc(Nc3ncc(Cl)c(Nc4ccccc4OC)n3)nc2C)cc1. The molecule has 0 aliphatic carbocycles. The van der Waals surface area contributed by atoms with Gasteiger partial charge in [-0.15, -0.1) is 0 Å². The van der Waals surface area contributed by atoms with Crippen LogP contribution < -0.4 is 20.1 Å². The van der Waals surface area contributed by atoms with Gasteiger partial charge in [-0.1, -0.05) is 35.1 Å². The monoisotopic (exact) mass is 453 g/mol. The highest BCUT2D eigenvalue weighted by Gasteiger charge is 2.13. The van der Waals surface area contributed by atoms with Gasteiger partial charge in [0.25, 0.3) is 0 Å². The number of rotatable bonds is 7. The summed E-state index contributed by atoms with van der Waals surface area (Å²) >= 11 is 7.82. The lowest BCUT2D eigenvalue weighted by molar-refractivity contribution is 0.415. The van der Waals surface area contributed by atoms with E-state index in [1.165, 1.54) is 11.3 Å². The Labute approximate surface area is 189 Å². The first-order chi connectivity index (χ1) is 15.1. The molecule has 4 aromatic rings. The summed E-state index contributed by atoms with van der Waals surface area (Å²) in [5.74, 6) is 2.35. The second-order valence-corrected chi connectivity index (χ2v) is 7.91. The number of thiazole rings is 1. The Morgan fingerprint density at radius 2 is 1.71 bits per heavy atom. The molecule has 0 aliphatic heterocycles. The number of hydrogen-bond donors (Lipinski definition) is 2. The van der Waals surface area contributed by atoms with Crippen molar-refractivity contribution in [3.8, 4) is 21.9 Å². The predicted octanol–water partition coefficient (Wildman–Crippen LogP) is 6.07. The number of benzene rings is 2. The maximum Gasteiger partial charge on any atom is 0.231 e. The van der Waals surface area contributed by atoms with E-state index in [1.54, 1.807) is 20.4 Å². The van der Waals surface area contributed by atoms with Crippen LogP contribution in [0.15, 0.2) is 54.7 Å². The van der Waals surface area contributed by atoms with Crippen LogP contribution in [0.5, 0.6) is 11.5 Å². The standard InChI is InChI=1S/C22H20ClN5O2S/c1-13-19(14-8-10-15(29-2)11-9-14)31-22(25-13)28-21-24-12-16(23)20(27-21)26-17-6-4-5-7-18(17)30-3/h4-12H,1-3H3,(H2,24,25,26,27,28). The second kappa shape index (κ2) is 9.20. The molecule has 0 unspecified atom stereocenters. The molecule has 9 heteroatoms. The minimum absolute atomic E-state index is 0.386. The summed E-state index contributed by atoms with van der Waals surface area (Å²) in [6.07, 6.45) is 1.54. The van der Waals surface area contributed by atoms with E-state index < -0.39 is 0 Å². The predicted molar refractivity (Wildman–Crippen MR) is 125 cm³/mol. The maximum atomic E-state index is 6.30. The van der Waals surface area contributed by atoms with Crippen LogP contribution in [0.25, 0.3) is 10.4 Å². The first-order valence-electron chi connectivity index (χ1n) is 9.39. The van der Waals surface area contributed by atoms with Crippen molar-refractivity contribution in [1.82, 2.24) is 15.0 Å². The fourth-order valence-electron chi connectivity index (χ4n) is 2.95. The second-order valence-electron chi connectivity index (χ2n) is 6.50. The number of para-hydroxylation sites is 2. The number of aromatic nitrogens is 3. The van der Waals surface area contributed by atoms with Gasteiger partial charge in [0.1, 0.15) is 16.5 Å². The molecule has 31 heavy (non-hydrogen) atoms. The van der Waals surface area contributed by atoms with Crippen LogP contribution in [-0.2, 0) is 0 Å². The molecule has 0 saturated heterocycles. The van der Waals surface area contributed by atoms with Gasteiger partial charge in [-0.3, -0.25) is 5.32 Å². The van der Waals surface area contributed by atoms with Crippen molar-refractivity contribution in [2.24, 2.45) is 0 Å². The molecule has 0 saturated carbocycles. The van der Waals surface area contributed by atoms with Gasteiger partial charge in [-0.25, -0.2) is 9.97 Å². The summed E-state index contributed by atoms with van der Waals surface area (Å²) in [7, 11) is 3.26. The van der Waals surface area contributed by atoms with Crippen molar-refractivity contribution < 1.29 is 9.47 Å². The first kappa shape index (κ1) is 20.9. The van der Waals surface area contributed by atoms with E-state index in [-0.39, 0.29) is 0 Å². The summed E-state index contributed by atoms with van der Waals surface area (Å²) in [6.45, 7) is 1.97. The summed E-state index contributed by atoms with van der Waals surface area (Å²) in [5.41, 5.74) is 2.74. The van der Waals surface area contributed by atoms with Crippen LogP contribution in [0.3, 0.4) is 0 Å². The van der Waals surface area contributed by atoms with Gasteiger partial charge in [0.15, 0.2) is 10.9 Å². The minimum Gasteiger partial charge on any atom is -0.497 e. The van der Waals surface area contributed by atoms with Crippen molar-refractivity contribution in [3.05, 3.63) is 65.4 Å². The zero-order chi connectivity index (χ0) is 21.8. The fourth-order valence-corrected chi connectivity index (χ4v) is 4.05. The lowest BCUT2D eigenvalue weighted by Crippen LogP contribution is -2.02. The molecule has 158 valence electrons. The highest BCUT2D eigenvalue weighted by Crippen LogP contribution is 2.35. The van der Waals surface area contributed by atoms with E-state index in [0.29, 0.717) is 27.7 Å². The number of nitrogens with zero attached hydrogens (tertiary/aromatic N) is 3. The van der Waals surface area contributed by atoms with E-state index >= 15 is 0 Å². The van der Waals surface area contributed by atoms with E-state index in [2.05, 4.69) is 25.6 Å². The van der Waals surface area contributed by atoms with E-state index in [0.717, 1.165) is 27.6 Å². The van der Waals surface area contributed by atoms with Crippen molar-refractivity contribution in [2.45, 2.75) is 6.92 Å². The van der Waals surface area contributed by atoms with Crippen LogP contribution in [0, 0.1) is 6.92 Å². The number of ether oxygens (including phenoxy) is 2. The smallest absolute Gasteiger partial charge is 0.231 e. The van der Waals surface area contributed by atoms with Crippen molar-refractivity contribution in [2.75, 3.05) is 24.9 Å². The van der Waals surface area contributed by atoms with Crippen molar-refractivity contribution in [1.29, 1.82) is 0 Å². The quantitative estimate of drug-likeness (QED) is 0.351. The Morgan fingerprint density at radius 3 is 2.45 bits per heavy atom. The normalized spacial score (nSPS) is 10.6. The Hall–Kier alpha value is -3.36. The summed E-state index contributed by atoms with van der Waals surface area (Å²) in [4.78, 5) is 14.5. The Bertz CT molecular complexity index is 1200. The number of halogens is 1. The summed E-state index contributed by atoms with van der Waals surface area (Å²) in [6, 6.07) is 15.4. The maximum absolute atomic E-state index is 6.30. The van der Waals surface area contributed by atoms with Gasteiger partial charge in [0.05, 0.1) is 36.7 Å². The highest BCUT2D eigenvalue weighted by atomic mass is 35.5. The lowest BCUT2D eigenvalue weighted by atomic mass is 10.1. The zero-order valence-corrected chi connectivity index (χ0v) is 18.7. The third-order valence-electron chi connectivity index (χ3n) is 4.47. The molecule has 2 aromatic heterocycles. The molecule has 7 nitrogen and oxygen atoms in total. The zero-order valence-electron chi connectivity index (χ0n) is 17.1. The van der Waals surface area contributed by atoms with Crippen LogP contribution in [-0.4, -0.2) is 29.2 Å². The summed E-state index contributed by atoms with van der Waals surface area (Å²) in [5, 5.41) is 7.45. The fraction of sp³-hybridized carbons (Fsp3) is 0.136. The molecule has 0 bridgehead atoms. The lowest BCUT2D eigenvalue weighted by Gasteiger charge is -2.12. The van der Waals surface area contributed by atoms with E-state index in [1.807, 2.05) is 55.5 Å². The number of hydrogen-bond acceptors (Lipinski definition) is 8. The number of anilines is 4. The third-order valence-corrected chi connectivity index (χ3v) is 5.87. The Kier molecular flexibility index (Phi) is 6.20. The molecule has 0 aliphatic rings. The average Bonchev–Trinajstić information content (AvgIpc) is 3.16. The molecule has 2 heterocycles. The van der Waals surface area contributed by atoms with Gasteiger partial charge >= 0.3 is 0 Å². The molecular weight excluding hydrogens is 434 g/mol. The number of nitrogens with one attached hydrogen (secondary N) is 2. The average molecular weight is 454 g/mol. The van der Waals surface area contributed by atoms with Gasteiger partial charge < -0.3 is 14.8 Å². The molecule has 0 spiro atoms. The Morgan fingerprint density at radius 1 is 0.935 bits per heavy atom. The molecule has 0 fully saturated rings. The van der Waals surface area contributed by atoms with Crippen LogP contribution in [0.1, 0.15) is 5.69 Å². The number of methoxy groups -OCH3 is 2. The van der Waals surface area contributed by atoms with Gasteiger partial charge in [-0.2, -0.15) is 4.98 Å². The molecular formula is C22H20ClN5O2S. The largest absolute Gasteiger partial charge is 0.497 e. The molecule has 0 atom stereocenters. The van der Waals surface area contributed by atoms with Gasteiger partial charge in [0, 0.05) is 0 Å². The first-order valence-corrected chi connectivity index (χ1v) is 10.6. The molecule has 2 aromatic carbocycles. The molecule has 0 radical (unpaired) electrons. The van der Waals surface area contributed by atoms with E-state index in [4.69, 9.17) is 21.1 Å². The van der Waals surface area contributed by atoms with Crippen LogP contribution >= 0.6 is 22.9 Å². The van der Waals surface area contributed by atoms with Gasteiger partial charge in [0.2, 0.25) is 5.95 Å². The Balaban J connectivity index is 1.56. The topological polar surface area (TPSA) is 81.2 Å². The molecule has 4 rings (SSSR count). The molecule has 2 N–H and O–H groups in total. The van der Waals surface area contributed by atoms with Crippen LogP contribution in [0.4, 0.5) is 22.6 Å². The summed E-state index contributed by atoms with van der Waals surface area (Å²) < 4.78 is 10.6. The minimum atomic E-state index is 0.386. The van der Waals surface area contributed by atoms with E-state index in [9.17, 15) is 0 Å². The number of aryl methyl sites for hydroxylation is 1. The van der Waals surface area contributed by atoms with Crippen LogP contribution in [0.2, 0.25) is 5.02 Å². The van der Waals surface area contributed by atoms with Gasteiger partial charge in [-0.05, 0) is 48.9 Å². The van der Waals surface area contributed by atoms with Crippen molar-refractivity contribution in [3.63, 3.8) is 0 Å². The molecule has 0 amide bonds. The highest BCUT2D eigenvalue weighted by molar-refractivity contribution is 7.19.